The van der Waals surface area contributed by atoms with Gasteiger partial charge in [0.15, 0.2) is 0 Å². The monoisotopic (exact) mass is 188 g/mol. The number of fused-ring (bicyclic) bond motifs is 1. The Kier molecular flexibility index (Phi) is 2.55. The summed E-state index contributed by atoms with van der Waals surface area (Å²) in [5, 5.41) is 2.59. The van der Waals surface area contributed by atoms with Crippen molar-refractivity contribution in [2.45, 2.75) is 26.4 Å². The molecule has 2 rings (SSSR count). The van der Waals surface area contributed by atoms with E-state index in [1.807, 2.05) is 0 Å². The van der Waals surface area contributed by atoms with Crippen LogP contribution in [0.15, 0.2) is 30.6 Å². The fourth-order valence-corrected chi connectivity index (χ4v) is 1.76. The van der Waals surface area contributed by atoms with Crippen LogP contribution in [0.4, 0.5) is 0 Å². The molecule has 0 unspecified atom stereocenters. The highest BCUT2D eigenvalue weighted by atomic mass is 14.9. The van der Waals surface area contributed by atoms with Gasteiger partial charge in [-0.15, -0.1) is 0 Å². The molecule has 1 aromatic heterocycles. The molecule has 0 fully saturated rings. The molecule has 0 bridgehead atoms. The van der Waals surface area contributed by atoms with Gasteiger partial charge in [0, 0.05) is 25.5 Å². The Morgan fingerprint density at radius 2 is 2.00 bits per heavy atom. The Labute approximate surface area is 84.3 Å². The highest BCUT2D eigenvalue weighted by Crippen LogP contribution is 2.17. The summed E-state index contributed by atoms with van der Waals surface area (Å²) in [4.78, 5) is 0. The molecule has 2 nitrogen and oxygen atoms in total. The van der Waals surface area contributed by atoms with E-state index in [0.717, 1.165) is 6.54 Å². The van der Waals surface area contributed by atoms with E-state index in [2.05, 4.69) is 42.1 Å². The molecule has 0 aliphatic rings. The molecular formula is C12H16N2. The average Bonchev–Trinajstić information content (AvgIpc) is 2.59. The second-order valence-corrected chi connectivity index (χ2v) is 3.66. The minimum Gasteiger partial charge on any atom is -0.353 e. The summed E-state index contributed by atoms with van der Waals surface area (Å²) < 4.78 is 2.24. The third-order valence-electron chi connectivity index (χ3n) is 2.48. The number of hydrogen-bond acceptors (Lipinski definition) is 1. The normalized spacial score (nSPS) is 11.0. The SMILES string of the molecule is CCCn1cc2ccc(CN)cc2c1. The molecule has 0 amide bonds. The van der Waals surface area contributed by atoms with Gasteiger partial charge in [-0.05, 0) is 28.8 Å². The number of nitrogens with zero attached hydrogens (tertiary/aromatic N) is 1. The van der Waals surface area contributed by atoms with E-state index < -0.39 is 0 Å². The van der Waals surface area contributed by atoms with E-state index >= 15 is 0 Å². The van der Waals surface area contributed by atoms with Crippen molar-refractivity contribution >= 4 is 10.8 Å². The summed E-state index contributed by atoms with van der Waals surface area (Å²) >= 11 is 0. The van der Waals surface area contributed by atoms with E-state index in [4.69, 9.17) is 5.73 Å². The average molecular weight is 188 g/mol. The Morgan fingerprint density at radius 1 is 1.21 bits per heavy atom. The molecular weight excluding hydrogens is 172 g/mol. The number of aromatic nitrogens is 1. The van der Waals surface area contributed by atoms with Crippen LogP contribution in [0.2, 0.25) is 0 Å². The van der Waals surface area contributed by atoms with Crippen molar-refractivity contribution in [2.24, 2.45) is 5.73 Å². The molecule has 0 saturated heterocycles. The fraction of sp³-hybridized carbons (Fsp3) is 0.333. The largest absolute Gasteiger partial charge is 0.353 e. The molecule has 0 aliphatic heterocycles. The van der Waals surface area contributed by atoms with Crippen LogP contribution < -0.4 is 5.73 Å². The maximum absolute atomic E-state index is 5.60. The zero-order valence-corrected chi connectivity index (χ0v) is 8.53. The maximum Gasteiger partial charge on any atom is 0.0217 e. The van der Waals surface area contributed by atoms with Crippen molar-refractivity contribution in [1.29, 1.82) is 0 Å². The van der Waals surface area contributed by atoms with Crippen molar-refractivity contribution < 1.29 is 0 Å². The van der Waals surface area contributed by atoms with Crippen LogP contribution in [-0.4, -0.2) is 4.57 Å². The van der Waals surface area contributed by atoms with Gasteiger partial charge < -0.3 is 10.3 Å². The second kappa shape index (κ2) is 3.84. The van der Waals surface area contributed by atoms with Crippen molar-refractivity contribution in [2.75, 3.05) is 0 Å². The van der Waals surface area contributed by atoms with Crippen molar-refractivity contribution in [3.05, 3.63) is 36.2 Å². The van der Waals surface area contributed by atoms with Crippen LogP contribution in [0.3, 0.4) is 0 Å². The van der Waals surface area contributed by atoms with Crippen LogP contribution >= 0.6 is 0 Å². The summed E-state index contributed by atoms with van der Waals surface area (Å²) in [6.45, 7) is 3.90. The number of aryl methyl sites for hydroxylation is 1. The lowest BCUT2D eigenvalue weighted by Crippen LogP contribution is -1.94. The lowest BCUT2D eigenvalue weighted by atomic mass is 10.1. The summed E-state index contributed by atoms with van der Waals surface area (Å²) in [6.07, 6.45) is 5.56. The van der Waals surface area contributed by atoms with E-state index in [1.54, 1.807) is 0 Å². The first-order valence-corrected chi connectivity index (χ1v) is 5.12. The van der Waals surface area contributed by atoms with E-state index in [9.17, 15) is 0 Å². The van der Waals surface area contributed by atoms with Gasteiger partial charge in [0.05, 0.1) is 0 Å². The van der Waals surface area contributed by atoms with Crippen LogP contribution in [0.25, 0.3) is 10.8 Å². The fourth-order valence-electron chi connectivity index (χ4n) is 1.76. The van der Waals surface area contributed by atoms with E-state index in [0.29, 0.717) is 6.54 Å². The summed E-state index contributed by atoms with van der Waals surface area (Å²) in [6, 6.07) is 6.41. The number of rotatable bonds is 3. The lowest BCUT2D eigenvalue weighted by molar-refractivity contribution is 0.686. The molecule has 1 heterocycles. The molecule has 0 aliphatic carbocycles. The van der Waals surface area contributed by atoms with Crippen LogP contribution in [0, 0.1) is 0 Å². The van der Waals surface area contributed by atoms with Gasteiger partial charge in [0.2, 0.25) is 0 Å². The smallest absolute Gasteiger partial charge is 0.0217 e. The summed E-state index contributed by atoms with van der Waals surface area (Å²) in [7, 11) is 0. The third kappa shape index (κ3) is 1.66. The quantitative estimate of drug-likeness (QED) is 0.788. The van der Waals surface area contributed by atoms with Crippen LogP contribution in [0.5, 0.6) is 0 Å². The summed E-state index contributed by atoms with van der Waals surface area (Å²) in [5.74, 6) is 0. The first-order valence-electron chi connectivity index (χ1n) is 5.12. The standard InChI is InChI=1S/C12H16N2/c1-2-5-14-8-11-4-3-10(7-13)6-12(11)9-14/h3-4,6,8-9H,2,5,7,13H2,1H3. The minimum atomic E-state index is 0.620. The molecule has 0 spiro atoms. The minimum absolute atomic E-state index is 0.620. The number of nitrogens with two attached hydrogens (primary N) is 1. The Morgan fingerprint density at radius 3 is 2.71 bits per heavy atom. The first kappa shape index (κ1) is 9.28. The van der Waals surface area contributed by atoms with E-state index in [-0.39, 0.29) is 0 Å². The number of benzene rings is 1. The predicted octanol–water partition coefficient (Wildman–Crippen LogP) is 2.51. The van der Waals surface area contributed by atoms with Crippen LogP contribution in [0.1, 0.15) is 18.9 Å². The topological polar surface area (TPSA) is 30.9 Å². The summed E-state index contributed by atoms with van der Waals surface area (Å²) in [5.41, 5.74) is 6.80. The van der Waals surface area contributed by atoms with Gasteiger partial charge in [-0.25, -0.2) is 0 Å². The first-order chi connectivity index (χ1) is 6.83. The Bertz CT molecular complexity index is 429. The Balaban J connectivity index is 2.43. The molecule has 1 aromatic carbocycles. The molecule has 0 atom stereocenters. The molecule has 74 valence electrons. The second-order valence-electron chi connectivity index (χ2n) is 3.66. The molecule has 14 heavy (non-hydrogen) atoms. The zero-order valence-electron chi connectivity index (χ0n) is 8.53. The maximum atomic E-state index is 5.60. The molecule has 2 heteroatoms. The molecule has 0 radical (unpaired) electrons. The lowest BCUT2D eigenvalue weighted by Gasteiger charge is -1.95. The highest BCUT2D eigenvalue weighted by Gasteiger charge is 1.98. The number of hydrogen-bond donors (Lipinski definition) is 1. The molecule has 2 aromatic rings. The van der Waals surface area contributed by atoms with Crippen molar-refractivity contribution in [3.63, 3.8) is 0 Å². The van der Waals surface area contributed by atoms with Gasteiger partial charge in [0.1, 0.15) is 0 Å². The molecule has 0 saturated carbocycles. The predicted molar refractivity (Wildman–Crippen MR) is 60.1 cm³/mol. The molecule has 2 N–H and O–H groups in total. The Hall–Kier alpha value is -1.28. The van der Waals surface area contributed by atoms with E-state index in [1.165, 1.54) is 22.8 Å². The van der Waals surface area contributed by atoms with Gasteiger partial charge in [-0.3, -0.25) is 0 Å². The van der Waals surface area contributed by atoms with Gasteiger partial charge in [-0.1, -0.05) is 19.1 Å². The van der Waals surface area contributed by atoms with Crippen molar-refractivity contribution in [3.8, 4) is 0 Å². The van der Waals surface area contributed by atoms with Gasteiger partial charge in [-0.2, -0.15) is 0 Å². The van der Waals surface area contributed by atoms with Crippen molar-refractivity contribution in [1.82, 2.24) is 4.57 Å². The highest BCUT2D eigenvalue weighted by molar-refractivity contribution is 5.82. The van der Waals surface area contributed by atoms with Gasteiger partial charge >= 0.3 is 0 Å². The third-order valence-corrected chi connectivity index (χ3v) is 2.48. The van der Waals surface area contributed by atoms with Crippen LogP contribution in [-0.2, 0) is 13.1 Å². The van der Waals surface area contributed by atoms with Gasteiger partial charge in [0.25, 0.3) is 0 Å². The zero-order chi connectivity index (χ0) is 9.97.